The van der Waals surface area contributed by atoms with Crippen LogP contribution in [0.25, 0.3) is 0 Å². The summed E-state index contributed by atoms with van der Waals surface area (Å²) < 4.78 is 38.2. The Morgan fingerprint density at radius 2 is 2.25 bits per heavy atom. The molecule has 90 valence electrons. The largest absolute Gasteiger partial charge is 0.432 e. The highest BCUT2D eigenvalue weighted by Gasteiger charge is 2.37. The van der Waals surface area contributed by atoms with E-state index in [1.165, 1.54) is 7.05 Å². The van der Waals surface area contributed by atoms with Crippen LogP contribution >= 0.6 is 0 Å². The first-order valence-electron chi connectivity index (χ1n) is 4.33. The average molecular weight is 238 g/mol. The maximum atomic E-state index is 12.4. The van der Waals surface area contributed by atoms with E-state index in [1.54, 1.807) is 0 Å². The maximum Gasteiger partial charge on any atom is 0.432 e. The molecule has 2 rings (SSSR count). The molecule has 0 aromatic carbocycles. The third-order valence-electron chi connectivity index (χ3n) is 2.18. The monoisotopic (exact) mass is 238 g/mol. The lowest BCUT2D eigenvalue weighted by Crippen LogP contribution is -2.28. The molecule has 6 nitrogen and oxygen atoms in total. The molecule has 2 unspecified atom stereocenters. The second-order valence-electron chi connectivity index (χ2n) is 3.25. The number of hydrogen-bond donors (Lipinski definition) is 3. The first kappa shape index (κ1) is 11.3. The second kappa shape index (κ2) is 3.70. The SMILES string of the molecule is Cn1c(C(F)(F)F)cnc1C1NOC(O)N1. The molecule has 0 amide bonds. The zero-order valence-electron chi connectivity index (χ0n) is 8.12. The summed E-state index contributed by atoms with van der Waals surface area (Å²) in [6, 6.07) is 0. The van der Waals surface area contributed by atoms with E-state index >= 15 is 0 Å². The molecule has 1 aromatic rings. The normalized spacial score (nSPS) is 26.3. The van der Waals surface area contributed by atoms with Gasteiger partial charge in [0.05, 0.1) is 6.20 Å². The molecule has 0 aliphatic carbocycles. The van der Waals surface area contributed by atoms with Gasteiger partial charge in [0, 0.05) is 7.05 Å². The fraction of sp³-hybridized carbons (Fsp3) is 0.571. The van der Waals surface area contributed by atoms with E-state index in [2.05, 4.69) is 20.6 Å². The predicted molar refractivity (Wildman–Crippen MR) is 44.3 cm³/mol. The first-order valence-corrected chi connectivity index (χ1v) is 4.33. The van der Waals surface area contributed by atoms with Gasteiger partial charge in [-0.2, -0.15) is 18.7 Å². The van der Waals surface area contributed by atoms with Gasteiger partial charge in [0.2, 0.25) is 6.41 Å². The van der Waals surface area contributed by atoms with E-state index < -0.39 is 24.4 Å². The van der Waals surface area contributed by atoms with E-state index in [9.17, 15) is 13.2 Å². The Hall–Kier alpha value is -1.16. The number of aliphatic hydroxyl groups is 1. The van der Waals surface area contributed by atoms with Crippen molar-refractivity contribution in [2.24, 2.45) is 7.05 Å². The quantitative estimate of drug-likeness (QED) is 0.634. The third-order valence-corrected chi connectivity index (χ3v) is 2.18. The van der Waals surface area contributed by atoms with E-state index in [1.807, 2.05) is 0 Å². The number of nitrogens with zero attached hydrogens (tertiary/aromatic N) is 2. The summed E-state index contributed by atoms with van der Waals surface area (Å²) >= 11 is 0. The fourth-order valence-corrected chi connectivity index (χ4v) is 1.43. The smallest absolute Gasteiger partial charge is 0.355 e. The molecule has 1 saturated heterocycles. The summed E-state index contributed by atoms with van der Waals surface area (Å²) in [6.07, 6.45) is -5.78. The van der Waals surface area contributed by atoms with Crippen LogP contribution in [0.4, 0.5) is 13.2 Å². The minimum Gasteiger partial charge on any atom is -0.355 e. The highest BCUT2D eigenvalue weighted by molar-refractivity contribution is 5.11. The highest BCUT2D eigenvalue weighted by Crippen LogP contribution is 2.30. The minimum atomic E-state index is -4.46. The predicted octanol–water partition coefficient (Wildman–Crippen LogP) is -0.162. The van der Waals surface area contributed by atoms with Crippen molar-refractivity contribution in [3.05, 3.63) is 17.7 Å². The van der Waals surface area contributed by atoms with Crippen molar-refractivity contribution in [2.75, 3.05) is 0 Å². The minimum absolute atomic E-state index is 0.0730. The Bertz CT molecular complexity index is 391. The van der Waals surface area contributed by atoms with E-state index in [-0.39, 0.29) is 5.82 Å². The molecule has 1 fully saturated rings. The molecule has 2 atom stereocenters. The van der Waals surface area contributed by atoms with Crippen LogP contribution in [0.3, 0.4) is 0 Å². The zero-order chi connectivity index (χ0) is 11.9. The second-order valence-corrected chi connectivity index (χ2v) is 3.25. The molecule has 2 heterocycles. The Labute approximate surface area is 88.0 Å². The lowest BCUT2D eigenvalue weighted by Gasteiger charge is -2.11. The van der Waals surface area contributed by atoms with Crippen LogP contribution in [-0.2, 0) is 18.1 Å². The van der Waals surface area contributed by atoms with Gasteiger partial charge < -0.3 is 9.67 Å². The molecule has 0 radical (unpaired) electrons. The summed E-state index contributed by atoms with van der Waals surface area (Å²) in [5.41, 5.74) is 1.45. The molecule has 0 saturated carbocycles. The van der Waals surface area contributed by atoms with Gasteiger partial charge in [0.25, 0.3) is 0 Å². The van der Waals surface area contributed by atoms with Crippen LogP contribution in [0.5, 0.6) is 0 Å². The number of aromatic nitrogens is 2. The van der Waals surface area contributed by atoms with Gasteiger partial charge in [-0.3, -0.25) is 4.84 Å². The van der Waals surface area contributed by atoms with Crippen molar-refractivity contribution >= 4 is 0 Å². The lowest BCUT2D eigenvalue weighted by molar-refractivity contribution is -0.143. The number of halogens is 3. The van der Waals surface area contributed by atoms with Crippen LogP contribution in [0, 0.1) is 0 Å². The van der Waals surface area contributed by atoms with Crippen LogP contribution in [-0.4, -0.2) is 21.1 Å². The van der Waals surface area contributed by atoms with E-state index in [0.29, 0.717) is 0 Å². The van der Waals surface area contributed by atoms with E-state index in [4.69, 9.17) is 5.11 Å². The van der Waals surface area contributed by atoms with Crippen molar-refractivity contribution in [3.8, 4) is 0 Å². The van der Waals surface area contributed by atoms with Gasteiger partial charge >= 0.3 is 6.18 Å². The molecular weight excluding hydrogens is 229 g/mol. The molecule has 0 bridgehead atoms. The third kappa shape index (κ3) is 1.89. The number of hydrogen-bond acceptors (Lipinski definition) is 5. The van der Waals surface area contributed by atoms with Gasteiger partial charge in [-0.15, -0.1) is 0 Å². The summed E-state index contributed by atoms with van der Waals surface area (Å²) in [4.78, 5) is 8.16. The number of aliphatic hydroxyl groups excluding tert-OH is 1. The van der Waals surface area contributed by atoms with Gasteiger partial charge in [-0.1, -0.05) is 0 Å². The molecule has 0 spiro atoms. The Balaban J connectivity index is 2.27. The molecular formula is C7H9F3N4O2. The van der Waals surface area contributed by atoms with Crippen LogP contribution in [0.15, 0.2) is 6.20 Å². The zero-order valence-corrected chi connectivity index (χ0v) is 8.12. The number of rotatable bonds is 1. The van der Waals surface area contributed by atoms with Gasteiger partial charge in [0.15, 0.2) is 0 Å². The van der Waals surface area contributed by atoms with Crippen molar-refractivity contribution in [3.63, 3.8) is 0 Å². The Morgan fingerprint density at radius 1 is 1.56 bits per heavy atom. The van der Waals surface area contributed by atoms with E-state index in [0.717, 1.165) is 10.8 Å². The molecule has 9 heteroatoms. The number of imidazole rings is 1. The molecule has 1 aliphatic heterocycles. The fourth-order valence-electron chi connectivity index (χ4n) is 1.43. The summed E-state index contributed by atoms with van der Waals surface area (Å²) in [6.45, 7) is 0. The number of hydroxylamine groups is 1. The van der Waals surface area contributed by atoms with Crippen LogP contribution in [0.2, 0.25) is 0 Å². The summed E-state index contributed by atoms with van der Waals surface area (Å²) in [7, 11) is 1.24. The number of alkyl halides is 3. The molecule has 1 aliphatic rings. The molecule has 16 heavy (non-hydrogen) atoms. The van der Waals surface area contributed by atoms with Crippen molar-refractivity contribution in [1.29, 1.82) is 0 Å². The molecule has 3 N–H and O–H groups in total. The summed E-state index contributed by atoms with van der Waals surface area (Å²) in [5, 5.41) is 11.4. The van der Waals surface area contributed by atoms with Gasteiger partial charge in [0.1, 0.15) is 17.7 Å². The summed E-state index contributed by atoms with van der Waals surface area (Å²) in [5.74, 6) is 0.0730. The maximum absolute atomic E-state index is 12.4. The first-order chi connectivity index (χ1) is 7.39. The van der Waals surface area contributed by atoms with Crippen molar-refractivity contribution in [2.45, 2.75) is 18.8 Å². The van der Waals surface area contributed by atoms with Crippen LogP contribution < -0.4 is 10.8 Å². The Morgan fingerprint density at radius 3 is 2.69 bits per heavy atom. The molecule has 1 aromatic heterocycles. The lowest BCUT2D eigenvalue weighted by atomic mass is 10.4. The Kier molecular flexibility index (Phi) is 2.62. The van der Waals surface area contributed by atoms with Gasteiger partial charge in [-0.05, 0) is 0 Å². The van der Waals surface area contributed by atoms with Crippen molar-refractivity contribution < 1.29 is 23.1 Å². The average Bonchev–Trinajstić information content (AvgIpc) is 2.70. The van der Waals surface area contributed by atoms with Crippen LogP contribution in [0.1, 0.15) is 17.7 Å². The van der Waals surface area contributed by atoms with Crippen molar-refractivity contribution in [1.82, 2.24) is 20.3 Å². The number of nitrogens with one attached hydrogen (secondary N) is 2. The topological polar surface area (TPSA) is 71.3 Å². The standard InChI is InChI=1S/C7H9F3N4O2/c1-14-3(7(8,9)10)2-11-5(14)4-12-6(15)16-13-4/h2,4,6,12-13,15H,1H3. The highest BCUT2D eigenvalue weighted by atomic mass is 19.4. The van der Waals surface area contributed by atoms with Gasteiger partial charge in [-0.25, -0.2) is 10.3 Å².